The molecule has 0 saturated carbocycles. The number of halogens is 1. The van der Waals surface area contributed by atoms with Gasteiger partial charge < -0.3 is 20.6 Å². The largest absolute Gasteiger partial charge is 0.396 e. The lowest BCUT2D eigenvalue weighted by Gasteiger charge is -2.39. The molecular formula is C20H22FN7O. The van der Waals surface area contributed by atoms with Crippen molar-refractivity contribution in [3.63, 3.8) is 0 Å². The molecule has 3 N–H and O–H groups in total. The highest BCUT2D eigenvalue weighted by atomic mass is 19.1. The molecule has 9 heteroatoms. The maximum absolute atomic E-state index is 13.2. The monoisotopic (exact) mass is 395 g/mol. The fraction of sp³-hybridized carbons (Fsp3) is 0.300. The number of aliphatic hydroxyl groups is 1. The zero-order valence-electron chi connectivity index (χ0n) is 16.0. The highest BCUT2D eigenvalue weighted by Gasteiger charge is 2.28. The first-order valence-corrected chi connectivity index (χ1v) is 9.40. The fourth-order valence-corrected chi connectivity index (χ4v) is 3.12. The van der Waals surface area contributed by atoms with Gasteiger partial charge in [0.25, 0.3) is 0 Å². The van der Waals surface area contributed by atoms with Crippen molar-refractivity contribution in [3.05, 3.63) is 60.3 Å². The molecule has 1 atom stereocenters. The van der Waals surface area contributed by atoms with E-state index in [-0.39, 0.29) is 24.4 Å². The predicted octanol–water partition coefficient (Wildman–Crippen LogP) is 2.75. The summed E-state index contributed by atoms with van der Waals surface area (Å²) in [5.41, 5.74) is 0.924. The Balaban J connectivity index is 1.57. The second kappa shape index (κ2) is 8.36. The smallest absolute Gasteiger partial charge is 0.227 e. The van der Waals surface area contributed by atoms with E-state index in [0.29, 0.717) is 17.6 Å². The Morgan fingerprint density at radius 3 is 2.66 bits per heavy atom. The quantitative estimate of drug-likeness (QED) is 0.562. The van der Waals surface area contributed by atoms with Gasteiger partial charge in [-0.15, -0.1) is 0 Å². The third kappa shape index (κ3) is 4.57. The number of rotatable bonds is 7. The van der Waals surface area contributed by atoms with Crippen LogP contribution in [0, 0.1) is 11.7 Å². The molecule has 1 aliphatic rings. The molecule has 0 aliphatic carbocycles. The Bertz CT molecular complexity index is 949. The van der Waals surface area contributed by atoms with Crippen molar-refractivity contribution >= 4 is 23.4 Å². The second-order valence-corrected chi connectivity index (χ2v) is 7.02. The Hall–Kier alpha value is -3.33. The first-order valence-electron chi connectivity index (χ1n) is 9.40. The molecule has 0 bridgehead atoms. The summed E-state index contributed by atoms with van der Waals surface area (Å²) in [6, 6.07) is 8.06. The van der Waals surface area contributed by atoms with E-state index in [4.69, 9.17) is 0 Å². The van der Waals surface area contributed by atoms with E-state index in [9.17, 15) is 9.50 Å². The lowest BCUT2D eigenvalue weighted by atomic mass is 10.0. The van der Waals surface area contributed by atoms with Gasteiger partial charge in [0.1, 0.15) is 23.3 Å². The lowest BCUT2D eigenvalue weighted by Crippen LogP contribution is -2.48. The Labute approximate surface area is 167 Å². The van der Waals surface area contributed by atoms with Crippen molar-refractivity contribution in [3.8, 4) is 0 Å². The van der Waals surface area contributed by atoms with Gasteiger partial charge in [0.05, 0.1) is 12.2 Å². The first-order chi connectivity index (χ1) is 14.1. The summed E-state index contributed by atoms with van der Waals surface area (Å²) in [5, 5.41) is 15.7. The third-order valence-corrected chi connectivity index (χ3v) is 4.79. The Morgan fingerprint density at radius 1 is 1.17 bits per heavy atom. The maximum atomic E-state index is 13.2. The molecule has 1 aromatic carbocycles. The molecule has 1 aliphatic heterocycles. The summed E-state index contributed by atoms with van der Waals surface area (Å²) in [6.07, 6.45) is 4.81. The second-order valence-electron chi connectivity index (χ2n) is 7.02. The molecule has 150 valence electrons. The van der Waals surface area contributed by atoms with Gasteiger partial charge in [0.15, 0.2) is 0 Å². The number of aromatic nitrogens is 4. The number of benzene rings is 1. The topological polar surface area (TPSA) is 99.1 Å². The van der Waals surface area contributed by atoms with Crippen molar-refractivity contribution in [2.24, 2.45) is 5.92 Å². The van der Waals surface area contributed by atoms with Gasteiger partial charge in [-0.1, -0.05) is 12.1 Å². The van der Waals surface area contributed by atoms with Crippen LogP contribution in [0.2, 0.25) is 0 Å². The van der Waals surface area contributed by atoms with E-state index in [1.54, 1.807) is 30.7 Å². The molecule has 3 aromatic rings. The van der Waals surface area contributed by atoms with Crippen LogP contribution in [-0.4, -0.2) is 44.7 Å². The molecule has 8 nitrogen and oxygen atoms in total. The molecule has 0 amide bonds. The van der Waals surface area contributed by atoms with E-state index in [1.807, 2.05) is 13.0 Å². The molecule has 2 aromatic heterocycles. The molecule has 1 fully saturated rings. The van der Waals surface area contributed by atoms with Gasteiger partial charge in [-0.2, -0.15) is 9.97 Å². The van der Waals surface area contributed by atoms with E-state index >= 15 is 0 Å². The summed E-state index contributed by atoms with van der Waals surface area (Å²) < 4.78 is 13.2. The molecular weight excluding hydrogens is 373 g/mol. The van der Waals surface area contributed by atoms with Gasteiger partial charge in [-0.05, 0) is 24.6 Å². The standard InChI is InChI=1S/C20H22FN7O/c1-13(15-2-4-16(21)5-3-15)24-20-26-17(25-18-9-22-6-7-23-18)8-19(27-20)28-10-14(11-28)12-29/h2-9,13-14,29H,10-12H2,1H3,(H2,23,24,25,26,27). The highest BCUT2D eigenvalue weighted by Crippen LogP contribution is 2.27. The minimum absolute atomic E-state index is 0.114. The lowest BCUT2D eigenvalue weighted by molar-refractivity contribution is 0.200. The van der Waals surface area contributed by atoms with Crippen molar-refractivity contribution in [1.29, 1.82) is 0 Å². The first kappa shape index (κ1) is 19.0. The third-order valence-electron chi connectivity index (χ3n) is 4.79. The summed E-state index contributed by atoms with van der Waals surface area (Å²) in [7, 11) is 0. The van der Waals surface area contributed by atoms with Crippen LogP contribution in [0.1, 0.15) is 18.5 Å². The predicted molar refractivity (Wildman–Crippen MR) is 109 cm³/mol. The van der Waals surface area contributed by atoms with Gasteiger partial charge >= 0.3 is 0 Å². The Kier molecular flexibility index (Phi) is 5.48. The summed E-state index contributed by atoms with van der Waals surface area (Å²) in [4.78, 5) is 19.5. The number of hydrogen-bond acceptors (Lipinski definition) is 8. The van der Waals surface area contributed by atoms with Crippen LogP contribution in [0.4, 0.5) is 27.8 Å². The van der Waals surface area contributed by atoms with E-state index in [2.05, 4.69) is 35.5 Å². The van der Waals surface area contributed by atoms with Crippen LogP contribution >= 0.6 is 0 Å². The van der Waals surface area contributed by atoms with Crippen LogP contribution in [0.5, 0.6) is 0 Å². The molecule has 0 radical (unpaired) electrons. The zero-order chi connectivity index (χ0) is 20.2. The number of nitrogens with zero attached hydrogens (tertiary/aromatic N) is 5. The van der Waals surface area contributed by atoms with Crippen LogP contribution in [0.15, 0.2) is 48.9 Å². The van der Waals surface area contributed by atoms with Gasteiger partial charge in [0.2, 0.25) is 5.95 Å². The van der Waals surface area contributed by atoms with E-state index < -0.39 is 0 Å². The van der Waals surface area contributed by atoms with Gasteiger partial charge in [0, 0.05) is 44.1 Å². The normalized spacial score (nSPS) is 14.9. The van der Waals surface area contributed by atoms with Crippen molar-refractivity contribution in [2.45, 2.75) is 13.0 Å². The molecule has 1 saturated heterocycles. The summed E-state index contributed by atoms with van der Waals surface area (Å²) in [5.74, 6) is 2.34. The van der Waals surface area contributed by atoms with Gasteiger partial charge in [-0.3, -0.25) is 4.98 Å². The SMILES string of the molecule is CC(Nc1nc(Nc2cnccn2)cc(N2CC(CO)C2)n1)c1ccc(F)cc1. The molecule has 0 spiro atoms. The van der Waals surface area contributed by atoms with E-state index in [0.717, 1.165) is 24.5 Å². The van der Waals surface area contributed by atoms with Crippen LogP contribution < -0.4 is 15.5 Å². The van der Waals surface area contributed by atoms with Crippen LogP contribution in [-0.2, 0) is 0 Å². The van der Waals surface area contributed by atoms with E-state index in [1.165, 1.54) is 12.1 Å². The molecule has 4 rings (SSSR count). The fourth-order valence-electron chi connectivity index (χ4n) is 3.12. The number of nitrogens with one attached hydrogen (secondary N) is 2. The molecule has 1 unspecified atom stereocenters. The zero-order valence-corrected chi connectivity index (χ0v) is 16.0. The number of anilines is 4. The summed E-state index contributed by atoms with van der Waals surface area (Å²) in [6.45, 7) is 3.61. The van der Waals surface area contributed by atoms with Crippen molar-refractivity contribution in [1.82, 2.24) is 19.9 Å². The summed E-state index contributed by atoms with van der Waals surface area (Å²) >= 11 is 0. The van der Waals surface area contributed by atoms with Crippen LogP contribution in [0.3, 0.4) is 0 Å². The average Bonchev–Trinajstić information content (AvgIpc) is 2.68. The molecule has 3 heterocycles. The minimum atomic E-state index is -0.272. The van der Waals surface area contributed by atoms with Crippen molar-refractivity contribution in [2.75, 3.05) is 35.2 Å². The minimum Gasteiger partial charge on any atom is -0.396 e. The maximum Gasteiger partial charge on any atom is 0.227 e. The molecule has 29 heavy (non-hydrogen) atoms. The average molecular weight is 395 g/mol. The number of aliphatic hydroxyl groups excluding tert-OH is 1. The van der Waals surface area contributed by atoms with Gasteiger partial charge in [-0.25, -0.2) is 9.37 Å². The number of hydrogen-bond donors (Lipinski definition) is 3. The highest BCUT2D eigenvalue weighted by molar-refractivity contribution is 5.60. The Morgan fingerprint density at radius 2 is 1.97 bits per heavy atom. The van der Waals surface area contributed by atoms with Crippen molar-refractivity contribution < 1.29 is 9.50 Å². The van der Waals surface area contributed by atoms with Crippen LogP contribution in [0.25, 0.3) is 0 Å².